The van der Waals surface area contributed by atoms with E-state index in [2.05, 4.69) is 32.0 Å². The summed E-state index contributed by atoms with van der Waals surface area (Å²) in [6, 6.07) is 8.17. The Morgan fingerprint density at radius 3 is 2.86 bits per heavy atom. The Labute approximate surface area is 133 Å². The van der Waals surface area contributed by atoms with E-state index >= 15 is 0 Å². The third-order valence-electron chi connectivity index (χ3n) is 3.99. The molecule has 0 spiro atoms. The van der Waals surface area contributed by atoms with E-state index in [1.54, 1.807) is 11.3 Å². The monoisotopic (exact) mass is 314 g/mol. The minimum Gasteiger partial charge on any atom is -0.379 e. The van der Waals surface area contributed by atoms with E-state index in [0.29, 0.717) is 0 Å². The van der Waals surface area contributed by atoms with Gasteiger partial charge in [-0.05, 0) is 23.6 Å². The van der Waals surface area contributed by atoms with Gasteiger partial charge in [-0.25, -0.2) is 9.97 Å². The first-order chi connectivity index (χ1) is 10.9. The van der Waals surface area contributed by atoms with Gasteiger partial charge in [-0.15, -0.1) is 11.3 Å². The van der Waals surface area contributed by atoms with Crippen LogP contribution in [0.4, 0.5) is 0 Å². The SMILES string of the molecule is c1csc(-c2nc3cccnc3n2CCN2CCOCC2)c1. The van der Waals surface area contributed by atoms with E-state index < -0.39 is 0 Å². The summed E-state index contributed by atoms with van der Waals surface area (Å²) in [7, 11) is 0. The predicted molar refractivity (Wildman–Crippen MR) is 88.1 cm³/mol. The van der Waals surface area contributed by atoms with Gasteiger partial charge in [-0.1, -0.05) is 6.07 Å². The molecule has 4 rings (SSSR count). The minimum atomic E-state index is 0.834. The Hall–Kier alpha value is -1.76. The molecule has 3 aromatic heterocycles. The second-order valence-corrected chi connectivity index (χ2v) is 6.31. The fourth-order valence-corrected chi connectivity index (χ4v) is 3.55. The predicted octanol–water partition coefficient (Wildman–Crippen LogP) is 2.49. The van der Waals surface area contributed by atoms with Crippen molar-refractivity contribution in [2.45, 2.75) is 6.54 Å². The number of aromatic nitrogens is 3. The van der Waals surface area contributed by atoms with Crippen molar-refractivity contribution in [3.05, 3.63) is 35.8 Å². The van der Waals surface area contributed by atoms with E-state index in [1.165, 1.54) is 4.88 Å². The van der Waals surface area contributed by atoms with E-state index in [-0.39, 0.29) is 0 Å². The lowest BCUT2D eigenvalue weighted by molar-refractivity contribution is 0.0365. The van der Waals surface area contributed by atoms with Crippen LogP contribution >= 0.6 is 11.3 Å². The number of ether oxygens (including phenoxy) is 1. The number of thiophene rings is 1. The number of pyridine rings is 1. The molecule has 0 amide bonds. The summed E-state index contributed by atoms with van der Waals surface area (Å²) >= 11 is 1.72. The summed E-state index contributed by atoms with van der Waals surface area (Å²) in [5.74, 6) is 1.02. The molecule has 3 aromatic rings. The van der Waals surface area contributed by atoms with Gasteiger partial charge in [0.25, 0.3) is 0 Å². The fourth-order valence-electron chi connectivity index (χ4n) is 2.83. The average molecular weight is 314 g/mol. The molecule has 1 saturated heterocycles. The summed E-state index contributed by atoms with van der Waals surface area (Å²) in [5.41, 5.74) is 1.94. The van der Waals surface area contributed by atoms with Gasteiger partial charge in [-0.3, -0.25) is 4.90 Å². The molecule has 0 radical (unpaired) electrons. The largest absolute Gasteiger partial charge is 0.379 e. The zero-order valence-corrected chi connectivity index (χ0v) is 13.1. The van der Waals surface area contributed by atoms with Gasteiger partial charge < -0.3 is 9.30 Å². The zero-order valence-electron chi connectivity index (χ0n) is 12.3. The molecule has 5 nitrogen and oxygen atoms in total. The van der Waals surface area contributed by atoms with Gasteiger partial charge in [0.15, 0.2) is 11.5 Å². The standard InChI is InChI=1S/C16H18N4OS/c1-3-13-15(17-5-1)20(7-6-19-8-10-21-11-9-19)16(18-13)14-4-2-12-22-14/h1-5,12H,6-11H2. The molecule has 0 unspecified atom stereocenters. The molecule has 4 heterocycles. The van der Waals surface area contributed by atoms with E-state index in [1.807, 2.05) is 18.3 Å². The van der Waals surface area contributed by atoms with Crippen molar-refractivity contribution in [1.29, 1.82) is 0 Å². The second-order valence-electron chi connectivity index (χ2n) is 5.36. The molecular formula is C16H18N4OS. The van der Waals surface area contributed by atoms with Crippen molar-refractivity contribution in [3.8, 4) is 10.7 Å². The first-order valence-electron chi connectivity index (χ1n) is 7.57. The van der Waals surface area contributed by atoms with E-state index in [0.717, 1.165) is 56.4 Å². The van der Waals surface area contributed by atoms with Gasteiger partial charge in [0.05, 0.1) is 18.1 Å². The lowest BCUT2D eigenvalue weighted by Crippen LogP contribution is -2.38. The van der Waals surface area contributed by atoms with Crippen LogP contribution in [0, 0.1) is 0 Å². The summed E-state index contributed by atoms with van der Waals surface area (Å²) in [4.78, 5) is 13.0. The zero-order chi connectivity index (χ0) is 14.8. The van der Waals surface area contributed by atoms with Gasteiger partial charge in [0.1, 0.15) is 5.52 Å². The molecule has 0 atom stereocenters. The molecule has 1 aliphatic heterocycles. The summed E-state index contributed by atoms with van der Waals surface area (Å²) < 4.78 is 7.66. The van der Waals surface area contributed by atoms with Gasteiger partial charge in [-0.2, -0.15) is 0 Å². The van der Waals surface area contributed by atoms with Crippen molar-refractivity contribution in [1.82, 2.24) is 19.4 Å². The van der Waals surface area contributed by atoms with Crippen molar-refractivity contribution in [2.75, 3.05) is 32.8 Å². The van der Waals surface area contributed by atoms with Crippen LogP contribution < -0.4 is 0 Å². The van der Waals surface area contributed by atoms with Crippen LogP contribution in [0.25, 0.3) is 21.9 Å². The quantitative estimate of drug-likeness (QED) is 0.742. The molecule has 0 aliphatic carbocycles. The maximum atomic E-state index is 5.42. The number of morpholine rings is 1. The smallest absolute Gasteiger partial charge is 0.160 e. The number of hydrogen-bond donors (Lipinski definition) is 0. The van der Waals surface area contributed by atoms with E-state index in [4.69, 9.17) is 9.72 Å². The first kappa shape index (κ1) is 13.9. The molecule has 0 saturated carbocycles. The summed E-state index contributed by atoms with van der Waals surface area (Å²) in [6.45, 7) is 5.59. The summed E-state index contributed by atoms with van der Waals surface area (Å²) in [5, 5.41) is 2.09. The lowest BCUT2D eigenvalue weighted by Gasteiger charge is -2.26. The second kappa shape index (κ2) is 6.16. The fraction of sp³-hybridized carbons (Fsp3) is 0.375. The maximum Gasteiger partial charge on any atom is 0.160 e. The highest BCUT2D eigenvalue weighted by atomic mass is 32.1. The number of fused-ring (bicyclic) bond motifs is 1. The van der Waals surface area contributed by atoms with Gasteiger partial charge in [0.2, 0.25) is 0 Å². The molecular weight excluding hydrogens is 296 g/mol. The van der Waals surface area contributed by atoms with Crippen LogP contribution in [-0.2, 0) is 11.3 Å². The lowest BCUT2D eigenvalue weighted by atomic mass is 10.4. The Balaban J connectivity index is 1.66. The Morgan fingerprint density at radius 2 is 2.05 bits per heavy atom. The van der Waals surface area contributed by atoms with Crippen molar-refractivity contribution >= 4 is 22.5 Å². The highest BCUT2D eigenvalue weighted by Gasteiger charge is 2.16. The highest BCUT2D eigenvalue weighted by molar-refractivity contribution is 7.13. The first-order valence-corrected chi connectivity index (χ1v) is 8.45. The molecule has 1 aliphatic rings. The Bertz CT molecular complexity index is 747. The van der Waals surface area contributed by atoms with Crippen molar-refractivity contribution in [3.63, 3.8) is 0 Å². The van der Waals surface area contributed by atoms with Crippen molar-refractivity contribution in [2.24, 2.45) is 0 Å². The van der Waals surface area contributed by atoms with Crippen molar-refractivity contribution < 1.29 is 4.74 Å². The third-order valence-corrected chi connectivity index (χ3v) is 4.85. The van der Waals surface area contributed by atoms with Crippen LogP contribution in [0.1, 0.15) is 0 Å². The third kappa shape index (κ3) is 2.65. The molecule has 6 heteroatoms. The normalized spacial score (nSPS) is 16.4. The Kier molecular flexibility index (Phi) is 3.88. The number of nitrogens with zero attached hydrogens (tertiary/aromatic N) is 4. The van der Waals surface area contributed by atoms with E-state index in [9.17, 15) is 0 Å². The molecule has 22 heavy (non-hydrogen) atoms. The van der Waals surface area contributed by atoms with Gasteiger partial charge in [0, 0.05) is 32.4 Å². The topological polar surface area (TPSA) is 43.2 Å². The number of hydrogen-bond acceptors (Lipinski definition) is 5. The number of rotatable bonds is 4. The number of imidazole rings is 1. The van der Waals surface area contributed by atoms with Crippen LogP contribution in [0.15, 0.2) is 35.8 Å². The Morgan fingerprint density at radius 1 is 1.14 bits per heavy atom. The molecule has 0 N–H and O–H groups in total. The van der Waals surface area contributed by atoms with Crippen LogP contribution in [0.5, 0.6) is 0 Å². The minimum absolute atomic E-state index is 0.834. The maximum absolute atomic E-state index is 5.42. The highest BCUT2D eigenvalue weighted by Crippen LogP contribution is 2.27. The molecule has 1 fully saturated rings. The van der Waals surface area contributed by atoms with Crippen LogP contribution in [0.2, 0.25) is 0 Å². The summed E-state index contributed by atoms with van der Waals surface area (Å²) in [6.07, 6.45) is 1.84. The van der Waals surface area contributed by atoms with Crippen LogP contribution in [0.3, 0.4) is 0 Å². The molecule has 114 valence electrons. The van der Waals surface area contributed by atoms with Gasteiger partial charge >= 0.3 is 0 Å². The average Bonchev–Trinajstić information content (AvgIpc) is 3.21. The molecule has 0 bridgehead atoms. The van der Waals surface area contributed by atoms with Crippen LogP contribution in [-0.4, -0.2) is 52.3 Å². The molecule has 0 aromatic carbocycles.